The third-order valence-electron chi connectivity index (χ3n) is 9.14. The summed E-state index contributed by atoms with van der Waals surface area (Å²) in [6.07, 6.45) is 0. The maximum atomic E-state index is 2.39. The SMILES string of the molecule is c1cc2ccc3cccc4c(-c5ccc6ccc(-c7ccc8sc9cccc%10ccc7c8c%109)cc6c5)cc(c1)c2c34. The van der Waals surface area contributed by atoms with E-state index in [0.717, 1.165) is 0 Å². The summed E-state index contributed by atoms with van der Waals surface area (Å²) in [6.45, 7) is 0. The van der Waals surface area contributed by atoms with Crippen LogP contribution in [0.1, 0.15) is 0 Å². The van der Waals surface area contributed by atoms with Gasteiger partial charge in [0.15, 0.2) is 0 Å². The molecule has 0 saturated heterocycles. The number of fused-ring (bicyclic) bond motifs is 1. The highest BCUT2D eigenvalue weighted by molar-refractivity contribution is 7.26. The fraction of sp³-hybridized carbons (Fsp3) is 0. The maximum Gasteiger partial charge on any atom is 0.0362 e. The Kier molecular flexibility index (Phi) is 4.15. The van der Waals surface area contributed by atoms with Gasteiger partial charge < -0.3 is 0 Å². The highest BCUT2D eigenvalue weighted by Gasteiger charge is 2.16. The van der Waals surface area contributed by atoms with Gasteiger partial charge in [-0.3, -0.25) is 0 Å². The first-order chi connectivity index (χ1) is 20.3. The van der Waals surface area contributed by atoms with Gasteiger partial charge in [-0.25, -0.2) is 0 Å². The Morgan fingerprint density at radius 3 is 1.78 bits per heavy atom. The van der Waals surface area contributed by atoms with E-state index >= 15 is 0 Å². The van der Waals surface area contributed by atoms with Crippen molar-refractivity contribution in [3.05, 3.63) is 133 Å². The van der Waals surface area contributed by atoms with Gasteiger partial charge in [-0.2, -0.15) is 0 Å². The van der Waals surface area contributed by atoms with E-state index in [9.17, 15) is 0 Å². The summed E-state index contributed by atoms with van der Waals surface area (Å²) >= 11 is 1.90. The molecule has 0 amide bonds. The second-order valence-corrected chi connectivity index (χ2v) is 12.4. The predicted octanol–water partition coefficient (Wildman–Crippen LogP) is 12.0. The number of hydrogen-bond acceptors (Lipinski definition) is 1. The van der Waals surface area contributed by atoms with Gasteiger partial charge in [0.25, 0.3) is 0 Å². The lowest BCUT2D eigenvalue weighted by Crippen LogP contribution is -1.88. The average molecular weight is 535 g/mol. The van der Waals surface area contributed by atoms with Crippen LogP contribution in [0.3, 0.4) is 0 Å². The van der Waals surface area contributed by atoms with Gasteiger partial charge in [0.2, 0.25) is 0 Å². The minimum absolute atomic E-state index is 1.26. The van der Waals surface area contributed by atoms with Crippen molar-refractivity contribution in [3.8, 4) is 22.3 Å². The molecule has 0 aliphatic heterocycles. The molecule has 1 heterocycles. The first-order valence-corrected chi connectivity index (χ1v) is 15.0. The van der Waals surface area contributed by atoms with Crippen LogP contribution in [0.5, 0.6) is 0 Å². The number of thiophene rings is 1. The molecule has 188 valence electrons. The van der Waals surface area contributed by atoms with Crippen LogP contribution in [-0.2, 0) is 0 Å². The lowest BCUT2D eigenvalue weighted by molar-refractivity contribution is 1.68. The molecule has 0 unspecified atom stereocenters. The van der Waals surface area contributed by atoms with Gasteiger partial charge >= 0.3 is 0 Å². The average Bonchev–Trinajstić information content (AvgIpc) is 3.42. The minimum Gasteiger partial charge on any atom is -0.135 e. The molecule has 0 aliphatic rings. The van der Waals surface area contributed by atoms with E-state index in [1.807, 2.05) is 11.3 Å². The van der Waals surface area contributed by atoms with E-state index < -0.39 is 0 Å². The predicted molar refractivity (Wildman–Crippen MR) is 180 cm³/mol. The Morgan fingerprint density at radius 2 is 0.927 bits per heavy atom. The Bertz CT molecular complexity index is 2630. The van der Waals surface area contributed by atoms with E-state index in [1.165, 1.54) is 96.3 Å². The molecule has 0 nitrogen and oxygen atoms in total. The summed E-state index contributed by atoms with van der Waals surface area (Å²) in [7, 11) is 0. The second-order valence-electron chi connectivity index (χ2n) is 11.3. The van der Waals surface area contributed by atoms with Crippen LogP contribution in [0, 0.1) is 0 Å². The molecule has 41 heavy (non-hydrogen) atoms. The standard InChI is InChI=1S/C40H22S/c1-4-24-12-13-25-5-2-8-32-34(22-29(7-1)37(24)38(25)32)28-15-11-23-10-14-27(20-30(23)21-28)31-18-19-36-40-33(31)17-16-26-6-3-9-35(41-36)39(26)40/h1-22H. The quantitative estimate of drug-likeness (QED) is 0.193. The van der Waals surface area contributed by atoms with Gasteiger partial charge in [0.1, 0.15) is 0 Å². The Labute approximate surface area is 240 Å². The van der Waals surface area contributed by atoms with Crippen LogP contribution in [0.15, 0.2) is 133 Å². The molecule has 0 fully saturated rings. The Hall–Kier alpha value is -4.98. The van der Waals surface area contributed by atoms with Crippen molar-refractivity contribution >= 4 is 85.4 Å². The summed E-state index contributed by atoms with van der Waals surface area (Å²) < 4.78 is 2.74. The number of hydrogen-bond donors (Lipinski definition) is 0. The topological polar surface area (TPSA) is 0 Å². The van der Waals surface area contributed by atoms with Crippen LogP contribution >= 0.6 is 11.3 Å². The zero-order valence-corrected chi connectivity index (χ0v) is 22.9. The maximum absolute atomic E-state index is 2.39. The van der Waals surface area contributed by atoms with Crippen LogP contribution in [0.4, 0.5) is 0 Å². The van der Waals surface area contributed by atoms with Crippen molar-refractivity contribution in [2.45, 2.75) is 0 Å². The third kappa shape index (κ3) is 2.94. The normalized spacial score (nSPS) is 12.4. The van der Waals surface area contributed by atoms with Crippen molar-refractivity contribution in [3.63, 3.8) is 0 Å². The molecule has 0 spiro atoms. The van der Waals surface area contributed by atoms with E-state index in [2.05, 4.69) is 133 Å². The fourth-order valence-electron chi connectivity index (χ4n) is 7.28. The summed E-state index contributed by atoms with van der Waals surface area (Å²) in [6, 6.07) is 50.1. The lowest BCUT2D eigenvalue weighted by Gasteiger charge is -2.15. The summed E-state index contributed by atoms with van der Waals surface area (Å²) in [5, 5.41) is 16.0. The molecule has 10 aromatic rings. The molecular weight excluding hydrogens is 513 g/mol. The van der Waals surface area contributed by atoms with Crippen molar-refractivity contribution in [1.29, 1.82) is 0 Å². The van der Waals surface area contributed by atoms with E-state index in [-0.39, 0.29) is 0 Å². The number of rotatable bonds is 2. The zero-order chi connectivity index (χ0) is 26.7. The smallest absolute Gasteiger partial charge is 0.0362 e. The van der Waals surface area contributed by atoms with Crippen LogP contribution in [-0.4, -0.2) is 0 Å². The summed E-state index contributed by atoms with van der Waals surface area (Å²) in [5.74, 6) is 0. The number of benzene rings is 9. The molecule has 0 bridgehead atoms. The summed E-state index contributed by atoms with van der Waals surface area (Å²) in [5.41, 5.74) is 5.13. The molecule has 1 heteroatoms. The minimum atomic E-state index is 1.26. The highest BCUT2D eigenvalue weighted by Crippen LogP contribution is 2.45. The van der Waals surface area contributed by atoms with Crippen molar-refractivity contribution in [2.24, 2.45) is 0 Å². The van der Waals surface area contributed by atoms with Crippen molar-refractivity contribution in [1.82, 2.24) is 0 Å². The van der Waals surface area contributed by atoms with Crippen LogP contribution in [0.2, 0.25) is 0 Å². The lowest BCUT2D eigenvalue weighted by atomic mass is 9.88. The molecule has 10 rings (SSSR count). The zero-order valence-electron chi connectivity index (χ0n) is 22.1. The largest absolute Gasteiger partial charge is 0.135 e. The van der Waals surface area contributed by atoms with E-state index in [0.29, 0.717) is 0 Å². The molecule has 0 N–H and O–H groups in total. The Morgan fingerprint density at radius 1 is 0.317 bits per heavy atom. The highest BCUT2D eigenvalue weighted by atomic mass is 32.1. The molecule has 0 aliphatic carbocycles. The Balaban J connectivity index is 1.21. The molecule has 0 atom stereocenters. The van der Waals surface area contributed by atoms with E-state index in [1.54, 1.807) is 0 Å². The van der Waals surface area contributed by atoms with Gasteiger partial charge in [0.05, 0.1) is 0 Å². The van der Waals surface area contributed by atoms with Gasteiger partial charge in [-0.15, -0.1) is 11.3 Å². The van der Waals surface area contributed by atoms with Crippen molar-refractivity contribution in [2.75, 3.05) is 0 Å². The van der Waals surface area contributed by atoms with Gasteiger partial charge in [-0.1, -0.05) is 103 Å². The summed E-state index contributed by atoms with van der Waals surface area (Å²) in [4.78, 5) is 0. The van der Waals surface area contributed by atoms with E-state index in [4.69, 9.17) is 0 Å². The first kappa shape index (κ1) is 21.8. The van der Waals surface area contributed by atoms with Crippen LogP contribution in [0.25, 0.3) is 96.3 Å². The van der Waals surface area contributed by atoms with Gasteiger partial charge in [0, 0.05) is 20.2 Å². The first-order valence-electron chi connectivity index (χ1n) is 14.2. The van der Waals surface area contributed by atoms with Crippen molar-refractivity contribution < 1.29 is 0 Å². The third-order valence-corrected chi connectivity index (χ3v) is 10.3. The molecule has 9 aromatic carbocycles. The van der Waals surface area contributed by atoms with Gasteiger partial charge in [-0.05, 0) is 106 Å². The fourth-order valence-corrected chi connectivity index (χ4v) is 8.44. The molecular formula is C40H22S. The molecule has 0 saturated carbocycles. The second kappa shape index (κ2) is 7.81. The molecule has 0 radical (unpaired) electrons. The molecule has 1 aromatic heterocycles. The monoisotopic (exact) mass is 534 g/mol. The van der Waals surface area contributed by atoms with Crippen LogP contribution < -0.4 is 0 Å².